The highest BCUT2D eigenvalue weighted by Crippen LogP contribution is 2.42. The second kappa shape index (κ2) is 6.30. The number of aliphatic hydroxyl groups excluding tert-OH is 1. The Morgan fingerprint density at radius 2 is 1.44 bits per heavy atom. The Morgan fingerprint density at radius 3 is 1.96 bits per heavy atom. The van der Waals surface area contributed by atoms with Gasteiger partial charge in [0, 0.05) is 5.56 Å². The molecule has 0 aliphatic carbocycles. The Hall–Kier alpha value is -4.14. The van der Waals surface area contributed by atoms with Crippen molar-refractivity contribution in [2.45, 2.75) is 0 Å². The average molecular weight is 372 g/mol. The minimum atomic E-state index is -1.51. The van der Waals surface area contributed by atoms with Gasteiger partial charge in [-0.05, 0) is 29.8 Å². The smallest absolute Gasteiger partial charge is 0.348 e. The number of aliphatic hydroxyl groups is 1. The number of carbonyl (C=O) groups is 2. The molecule has 0 spiro atoms. The predicted octanol–water partition coefficient (Wildman–Crippen LogP) is 1.83. The molecule has 0 fully saturated rings. The van der Waals surface area contributed by atoms with Gasteiger partial charge in [-0.15, -0.1) is 0 Å². The number of carboxylic acids is 1. The minimum absolute atomic E-state index is 0.0484. The normalized spacial score (nSPS) is 15.6. The number of hydrogen-bond acceptors (Lipinski definition) is 8. The van der Waals surface area contributed by atoms with Crippen LogP contribution in [0.4, 0.5) is 0 Å². The molecule has 138 valence electrons. The predicted molar refractivity (Wildman–Crippen MR) is 89.7 cm³/mol. The largest absolute Gasteiger partial charge is 0.508 e. The summed E-state index contributed by atoms with van der Waals surface area (Å²) in [5.41, 5.74) is -1.20. The van der Waals surface area contributed by atoms with Crippen LogP contribution in [0.1, 0.15) is 11.1 Å². The molecule has 3 rings (SSSR count). The molecule has 6 N–H and O–H groups in total. The number of phenols is 4. The van der Waals surface area contributed by atoms with Gasteiger partial charge >= 0.3 is 11.9 Å². The molecule has 0 atom stereocenters. The Kier molecular flexibility index (Phi) is 4.12. The van der Waals surface area contributed by atoms with E-state index in [1.54, 1.807) is 0 Å². The number of aromatic hydroxyl groups is 4. The number of hydrogen-bond donors (Lipinski definition) is 6. The highest BCUT2D eigenvalue weighted by molar-refractivity contribution is 6.25. The third-order valence-electron chi connectivity index (χ3n) is 3.81. The maximum Gasteiger partial charge on any atom is 0.348 e. The van der Waals surface area contributed by atoms with Crippen LogP contribution in [0.3, 0.4) is 0 Å². The SMILES string of the molecule is O=C(O)C(=C1OC(=O)C(c2cc(O)c(O)c(O)c2)=C1O)c1ccc(O)cc1. The zero-order valence-corrected chi connectivity index (χ0v) is 13.4. The van der Waals surface area contributed by atoms with Gasteiger partial charge in [-0.3, -0.25) is 0 Å². The number of ether oxygens (including phenoxy) is 1. The first-order valence-electron chi connectivity index (χ1n) is 7.38. The number of carbonyl (C=O) groups excluding carboxylic acids is 1. The van der Waals surface area contributed by atoms with Crippen molar-refractivity contribution < 1.29 is 45.0 Å². The number of esters is 1. The first kappa shape index (κ1) is 17.7. The quantitative estimate of drug-likeness (QED) is 0.268. The highest BCUT2D eigenvalue weighted by atomic mass is 16.6. The monoisotopic (exact) mass is 372 g/mol. The molecule has 1 aliphatic heterocycles. The van der Waals surface area contributed by atoms with E-state index in [1.807, 2.05) is 0 Å². The topological polar surface area (TPSA) is 165 Å². The van der Waals surface area contributed by atoms with Crippen molar-refractivity contribution in [2.24, 2.45) is 0 Å². The first-order chi connectivity index (χ1) is 12.7. The maximum absolute atomic E-state index is 12.2. The zero-order chi connectivity index (χ0) is 19.9. The molecule has 0 unspecified atom stereocenters. The van der Waals surface area contributed by atoms with Gasteiger partial charge in [0.05, 0.1) is 0 Å². The van der Waals surface area contributed by atoms with Crippen LogP contribution in [0.2, 0.25) is 0 Å². The van der Waals surface area contributed by atoms with E-state index < -0.39 is 51.9 Å². The van der Waals surface area contributed by atoms with Crippen LogP contribution >= 0.6 is 0 Å². The van der Waals surface area contributed by atoms with Crippen molar-refractivity contribution in [3.05, 3.63) is 59.0 Å². The summed E-state index contributed by atoms with van der Waals surface area (Å²) in [5, 5.41) is 57.8. The van der Waals surface area contributed by atoms with Crippen LogP contribution in [-0.2, 0) is 14.3 Å². The van der Waals surface area contributed by atoms with Crippen LogP contribution in [-0.4, -0.2) is 42.6 Å². The van der Waals surface area contributed by atoms with Gasteiger partial charge in [0.15, 0.2) is 28.8 Å². The first-order valence-corrected chi connectivity index (χ1v) is 7.38. The third kappa shape index (κ3) is 2.97. The summed E-state index contributed by atoms with van der Waals surface area (Å²) in [4.78, 5) is 23.8. The van der Waals surface area contributed by atoms with Gasteiger partial charge in [0.1, 0.15) is 16.9 Å². The molecule has 0 radical (unpaired) electrons. The second-order valence-corrected chi connectivity index (χ2v) is 5.53. The number of phenolic OH excluding ortho intramolecular Hbond substituents is 4. The highest BCUT2D eigenvalue weighted by Gasteiger charge is 2.36. The third-order valence-corrected chi connectivity index (χ3v) is 3.81. The minimum Gasteiger partial charge on any atom is -0.508 e. The van der Waals surface area contributed by atoms with E-state index >= 15 is 0 Å². The zero-order valence-electron chi connectivity index (χ0n) is 13.4. The molecule has 9 heteroatoms. The van der Waals surface area contributed by atoms with Crippen LogP contribution in [0.5, 0.6) is 23.0 Å². The van der Waals surface area contributed by atoms with Gasteiger partial charge in [-0.1, -0.05) is 12.1 Å². The molecule has 0 saturated heterocycles. The fourth-order valence-electron chi connectivity index (χ4n) is 2.55. The lowest BCUT2D eigenvalue weighted by Crippen LogP contribution is -2.06. The standard InChI is InChI=1S/C18H12O9/c19-9-3-1-7(2-4-9)13(17(24)25)16-15(23)12(18(26)27-16)8-5-10(20)14(22)11(21)6-8/h1-6,19-23H,(H,24,25). The fourth-order valence-corrected chi connectivity index (χ4v) is 2.55. The molecule has 1 aliphatic rings. The van der Waals surface area contributed by atoms with Gasteiger partial charge in [0.2, 0.25) is 0 Å². The number of benzene rings is 2. The van der Waals surface area contributed by atoms with Crippen LogP contribution in [0, 0.1) is 0 Å². The molecule has 1 heterocycles. The molecule has 0 aromatic heterocycles. The summed E-state index contributed by atoms with van der Waals surface area (Å²) in [5.74, 6) is -6.55. The molecule has 2 aromatic rings. The fraction of sp³-hybridized carbons (Fsp3) is 0. The van der Waals surface area contributed by atoms with Crippen molar-refractivity contribution in [1.82, 2.24) is 0 Å². The van der Waals surface area contributed by atoms with E-state index in [9.17, 15) is 40.2 Å². The molecule has 0 saturated carbocycles. The number of carboxylic acid groups (broad SMARTS) is 1. The van der Waals surface area contributed by atoms with Crippen LogP contribution in [0.25, 0.3) is 11.1 Å². The summed E-state index contributed by atoms with van der Waals surface area (Å²) >= 11 is 0. The van der Waals surface area contributed by atoms with E-state index in [-0.39, 0.29) is 16.9 Å². The lowest BCUT2D eigenvalue weighted by molar-refractivity contribution is -0.131. The second-order valence-electron chi connectivity index (χ2n) is 5.53. The number of cyclic esters (lactones) is 1. The summed E-state index contributed by atoms with van der Waals surface area (Å²) in [6.45, 7) is 0. The summed E-state index contributed by atoms with van der Waals surface area (Å²) < 4.78 is 4.91. The van der Waals surface area contributed by atoms with Crippen molar-refractivity contribution in [1.29, 1.82) is 0 Å². The van der Waals surface area contributed by atoms with E-state index in [0.29, 0.717) is 0 Å². The summed E-state index contributed by atoms with van der Waals surface area (Å²) in [7, 11) is 0. The van der Waals surface area contributed by atoms with Crippen LogP contribution < -0.4 is 0 Å². The van der Waals surface area contributed by atoms with Crippen molar-refractivity contribution in [3.8, 4) is 23.0 Å². The van der Waals surface area contributed by atoms with E-state index in [1.165, 1.54) is 24.3 Å². The van der Waals surface area contributed by atoms with E-state index in [2.05, 4.69) is 0 Å². The summed E-state index contributed by atoms with van der Waals surface area (Å²) in [6.07, 6.45) is 0. The molecule has 2 aromatic carbocycles. The van der Waals surface area contributed by atoms with Crippen molar-refractivity contribution in [3.63, 3.8) is 0 Å². The molecule has 27 heavy (non-hydrogen) atoms. The summed E-state index contributed by atoms with van der Waals surface area (Å²) in [6, 6.07) is 6.73. The Labute approximate surface area is 150 Å². The molecular formula is C18H12O9. The van der Waals surface area contributed by atoms with E-state index in [4.69, 9.17) is 4.74 Å². The van der Waals surface area contributed by atoms with Gasteiger partial charge in [-0.25, -0.2) is 9.59 Å². The Bertz CT molecular complexity index is 1010. The molecule has 9 nitrogen and oxygen atoms in total. The number of aliphatic carboxylic acids is 1. The van der Waals surface area contributed by atoms with Gasteiger partial charge < -0.3 is 35.4 Å². The molecular weight excluding hydrogens is 360 g/mol. The number of rotatable bonds is 3. The van der Waals surface area contributed by atoms with Crippen molar-refractivity contribution >= 4 is 23.1 Å². The molecule has 0 amide bonds. The maximum atomic E-state index is 12.2. The van der Waals surface area contributed by atoms with Gasteiger partial charge in [0.25, 0.3) is 0 Å². The average Bonchev–Trinajstić information content (AvgIpc) is 2.88. The molecule has 0 bridgehead atoms. The Balaban J connectivity index is 2.23. The van der Waals surface area contributed by atoms with Crippen molar-refractivity contribution in [2.75, 3.05) is 0 Å². The Morgan fingerprint density at radius 1 is 0.889 bits per heavy atom. The van der Waals surface area contributed by atoms with E-state index in [0.717, 1.165) is 12.1 Å². The van der Waals surface area contributed by atoms with Crippen LogP contribution in [0.15, 0.2) is 47.9 Å². The lowest BCUT2D eigenvalue weighted by Gasteiger charge is -2.07. The lowest BCUT2D eigenvalue weighted by atomic mass is 10.0. The van der Waals surface area contributed by atoms with Gasteiger partial charge in [-0.2, -0.15) is 0 Å².